The molecule has 262 valence electrons. The Morgan fingerprint density at radius 3 is 2.39 bits per heavy atom. The Balaban J connectivity index is 1.17. The number of fused-ring (bicyclic) bond motifs is 1. The normalized spacial score (nSPS) is 17.2. The predicted molar refractivity (Wildman–Crippen MR) is 190 cm³/mol. The van der Waals surface area contributed by atoms with Crippen LogP contribution in [0.15, 0.2) is 96.2 Å². The van der Waals surface area contributed by atoms with Crippen LogP contribution >= 0.6 is 0 Å². The number of anilines is 4. The number of allylic oxidation sites excluding steroid dienone is 2. The quantitative estimate of drug-likeness (QED) is 0.136. The number of aliphatic hydroxyl groups excluding tert-OH is 1. The molecule has 2 heterocycles. The van der Waals surface area contributed by atoms with Gasteiger partial charge in [-0.1, -0.05) is 12.1 Å². The Morgan fingerprint density at radius 2 is 1.69 bits per heavy atom. The highest BCUT2D eigenvalue weighted by Gasteiger charge is 2.28. The van der Waals surface area contributed by atoms with Crippen molar-refractivity contribution in [1.82, 2.24) is 4.98 Å². The molecule has 4 N–H and O–H groups in total. The molecular weight excluding hydrogens is 659 g/mol. The molecule has 0 radical (unpaired) electrons. The molecule has 3 aromatic carbocycles. The molecule has 0 spiro atoms. The Morgan fingerprint density at radius 1 is 0.961 bits per heavy atom. The first-order chi connectivity index (χ1) is 24.5. The Hall–Kier alpha value is -5.75. The zero-order valence-corrected chi connectivity index (χ0v) is 28.0. The minimum Gasteiger partial charge on any atom is -0.393 e. The molecule has 0 atom stereocenters. The van der Waals surface area contributed by atoms with Crippen molar-refractivity contribution in [1.29, 1.82) is 0 Å². The summed E-state index contributed by atoms with van der Waals surface area (Å²) in [5.41, 5.74) is 3.05. The molecule has 51 heavy (non-hydrogen) atoms. The van der Waals surface area contributed by atoms with Crippen LogP contribution in [0.1, 0.15) is 59.4 Å². The average molecular weight is 696 g/mol. The summed E-state index contributed by atoms with van der Waals surface area (Å²) in [6.45, 7) is 4.05. The van der Waals surface area contributed by atoms with E-state index in [0.717, 1.165) is 12.1 Å². The van der Waals surface area contributed by atoms with Gasteiger partial charge in [-0.2, -0.15) is 0 Å². The van der Waals surface area contributed by atoms with Crippen molar-refractivity contribution in [3.63, 3.8) is 0 Å². The second kappa shape index (κ2) is 15.0. The summed E-state index contributed by atoms with van der Waals surface area (Å²) in [5.74, 6) is -3.08. The van der Waals surface area contributed by atoms with E-state index >= 15 is 0 Å². The van der Waals surface area contributed by atoms with Crippen molar-refractivity contribution in [2.75, 3.05) is 33.9 Å². The predicted octanol–water partition coefficient (Wildman–Crippen LogP) is 7.34. The number of hydrogen-bond acceptors (Lipinski definition) is 6. The molecule has 3 amide bonds. The highest BCUT2D eigenvalue weighted by atomic mass is 19.1. The molecule has 0 saturated heterocycles. The molecule has 1 saturated carbocycles. The van der Waals surface area contributed by atoms with Gasteiger partial charge in [0.1, 0.15) is 29.0 Å². The van der Waals surface area contributed by atoms with Crippen LogP contribution in [0.5, 0.6) is 0 Å². The molecule has 1 aliphatic heterocycles. The highest BCUT2D eigenvalue weighted by molar-refractivity contribution is 6.10. The number of para-hydroxylation sites is 1. The van der Waals surface area contributed by atoms with Crippen molar-refractivity contribution < 1.29 is 32.7 Å². The van der Waals surface area contributed by atoms with Crippen LogP contribution in [0.4, 0.5) is 36.1 Å². The lowest BCUT2D eigenvalue weighted by Gasteiger charge is -2.31. The Bertz CT molecular complexity index is 2040. The van der Waals surface area contributed by atoms with E-state index in [2.05, 4.69) is 20.9 Å². The summed E-state index contributed by atoms with van der Waals surface area (Å²) in [7, 11) is 0. The minimum atomic E-state index is -0.904. The number of nitrogens with one attached hydrogen (secondary N) is 3. The van der Waals surface area contributed by atoms with Crippen molar-refractivity contribution in [2.45, 2.75) is 39.2 Å². The summed E-state index contributed by atoms with van der Waals surface area (Å²) in [6.07, 6.45) is 4.62. The van der Waals surface area contributed by atoms with E-state index < -0.39 is 35.0 Å². The number of hydrogen-bond donors (Lipinski definition) is 4. The molecule has 0 unspecified atom stereocenters. The fourth-order valence-electron chi connectivity index (χ4n) is 6.19. The lowest BCUT2D eigenvalue weighted by molar-refractivity contribution is -0.112. The van der Waals surface area contributed by atoms with Crippen LogP contribution in [-0.2, 0) is 4.79 Å². The zero-order valence-electron chi connectivity index (χ0n) is 28.0. The number of benzene rings is 3. The van der Waals surface area contributed by atoms with E-state index in [1.54, 1.807) is 61.7 Å². The van der Waals surface area contributed by atoms with Gasteiger partial charge in [-0.3, -0.25) is 14.4 Å². The lowest BCUT2D eigenvalue weighted by atomic mass is 9.82. The van der Waals surface area contributed by atoms with Crippen molar-refractivity contribution >= 4 is 46.2 Å². The molecular formula is C39H36F3N5O4. The summed E-state index contributed by atoms with van der Waals surface area (Å²) in [5, 5.41) is 17.9. The highest BCUT2D eigenvalue weighted by Crippen LogP contribution is 2.36. The van der Waals surface area contributed by atoms with E-state index in [-0.39, 0.29) is 24.1 Å². The summed E-state index contributed by atoms with van der Waals surface area (Å²) >= 11 is 0. The smallest absolute Gasteiger partial charge is 0.259 e. The van der Waals surface area contributed by atoms with Gasteiger partial charge in [-0.15, -0.1) is 0 Å². The lowest BCUT2D eigenvalue weighted by Crippen LogP contribution is -2.33. The van der Waals surface area contributed by atoms with Gasteiger partial charge in [0.2, 0.25) is 0 Å². The maximum absolute atomic E-state index is 14.6. The summed E-state index contributed by atoms with van der Waals surface area (Å²) in [6, 6.07) is 17.1. The monoisotopic (exact) mass is 695 g/mol. The second-order valence-electron chi connectivity index (χ2n) is 12.7. The topological polar surface area (TPSA) is 124 Å². The van der Waals surface area contributed by atoms with Gasteiger partial charge in [0.05, 0.1) is 17.4 Å². The zero-order chi connectivity index (χ0) is 36.2. The molecule has 12 heteroatoms. The van der Waals surface area contributed by atoms with E-state index in [1.165, 1.54) is 30.0 Å². The molecule has 9 nitrogen and oxygen atoms in total. The van der Waals surface area contributed by atoms with Gasteiger partial charge < -0.3 is 26.0 Å². The third-order valence-electron chi connectivity index (χ3n) is 9.15. The molecule has 1 fully saturated rings. The number of halogens is 3. The van der Waals surface area contributed by atoms with Crippen LogP contribution in [0.2, 0.25) is 0 Å². The maximum atomic E-state index is 14.6. The summed E-state index contributed by atoms with van der Waals surface area (Å²) in [4.78, 5) is 45.8. The van der Waals surface area contributed by atoms with Gasteiger partial charge in [0.15, 0.2) is 0 Å². The Kier molecular flexibility index (Phi) is 10.3. The fraction of sp³-hybridized carbons (Fsp3) is 0.231. The van der Waals surface area contributed by atoms with Gasteiger partial charge >= 0.3 is 0 Å². The molecule has 1 aromatic heterocycles. The number of pyridine rings is 1. The van der Waals surface area contributed by atoms with Crippen molar-refractivity contribution in [3.8, 4) is 0 Å². The third kappa shape index (κ3) is 7.86. The van der Waals surface area contributed by atoms with Crippen molar-refractivity contribution in [3.05, 3.63) is 130 Å². The number of aromatic nitrogens is 1. The van der Waals surface area contributed by atoms with Crippen LogP contribution in [0.25, 0.3) is 5.57 Å². The molecule has 0 bridgehead atoms. The van der Waals surface area contributed by atoms with Gasteiger partial charge in [0.25, 0.3) is 17.7 Å². The molecule has 4 aromatic rings. The Labute approximate surface area is 292 Å². The van der Waals surface area contributed by atoms with Crippen LogP contribution in [0.3, 0.4) is 0 Å². The van der Waals surface area contributed by atoms with Crippen LogP contribution in [0, 0.1) is 23.4 Å². The van der Waals surface area contributed by atoms with E-state index in [9.17, 15) is 32.7 Å². The second-order valence-corrected chi connectivity index (χ2v) is 12.7. The number of aliphatic hydroxyl groups is 1. The maximum Gasteiger partial charge on any atom is 0.259 e. The summed E-state index contributed by atoms with van der Waals surface area (Å²) < 4.78 is 42.9. The molecule has 1 aliphatic carbocycles. The van der Waals surface area contributed by atoms with E-state index in [0.29, 0.717) is 76.8 Å². The SMILES string of the molecule is CC1=C(/C=C(\C)C(=O)Nc2c(F)cccc2F)CCN(C(=O)c2ccc(NC(=O)c3cccnc3NCC3CC(O)C3)cc2)c2cc(F)ccc21. The molecule has 2 aliphatic rings. The number of carbonyl (C=O) groups is 3. The van der Waals surface area contributed by atoms with Gasteiger partial charge in [-0.05, 0) is 117 Å². The molecule has 6 rings (SSSR count). The van der Waals surface area contributed by atoms with Crippen molar-refractivity contribution in [2.24, 2.45) is 5.92 Å². The number of nitrogens with zero attached hydrogens (tertiary/aromatic N) is 2. The van der Waals surface area contributed by atoms with E-state index in [4.69, 9.17) is 0 Å². The largest absolute Gasteiger partial charge is 0.393 e. The minimum absolute atomic E-state index is 0.143. The first-order valence-electron chi connectivity index (χ1n) is 16.5. The number of amides is 3. The average Bonchev–Trinajstić information content (AvgIpc) is 3.23. The van der Waals surface area contributed by atoms with E-state index in [1.807, 2.05) is 0 Å². The van der Waals surface area contributed by atoms with Gasteiger partial charge in [0, 0.05) is 41.7 Å². The fourth-order valence-corrected chi connectivity index (χ4v) is 6.19. The van der Waals surface area contributed by atoms with Gasteiger partial charge in [-0.25, -0.2) is 18.2 Å². The first-order valence-corrected chi connectivity index (χ1v) is 16.5. The van der Waals surface area contributed by atoms with Crippen LogP contribution in [-0.4, -0.2) is 47.0 Å². The standard InChI is InChI=1S/C39H36F3N5O4/c1-22(37(49)46-35-32(41)6-3-7-33(35)42)17-26-14-16-47(34-20-27(40)10-13-30(34)23(26)2)39(51)25-8-11-28(12-9-25)45-38(50)31-5-4-15-43-36(31)44-21-24-18-29(48)19-24/h3-13,15,17,20,24,29,48H,14,16,18-19,21H2,1-2H3,(H,43,44)(H,45,50)(H,46,49)/b22-17+. The number of rotatable bonds is 9. The van der Waals surface area contributed by atoms with Crippen LogP contribution < -0.4 is 20.9 Å². The third-order valence-corrected chi connectivity index (χ3v) is 9.15. The first kappa shape index (κ1) is 35.1. The number of carbonyl (C=O) groups excluding carboxylic acids is 3.